The maximum atomic E-state index is 11.1. The molecular weight excluding hydrogens is 232 g/mol. The molecule has 1 heterocycles. The van der Waals surface area contributed by atoms with Crippen LogP contribution in [0.3, 0.4) is 0 Å². The van der Waals surface area contributed by atoms with Crippen LogP contribution >= 0.6 is 0 Å². The lowest BCUT2D eigenvalue weighted by molar-refractivity contribution is 0.0697. The fraction of sp³-hybridized carbons (Fsp3) is 0.500. The Balaban J connectivity index is 2.89. The minimum Gasteiger partial charge on any atom is -0.478 e. The van der Waals surface area contributed by atoms with Crippen LogP contribution in [-0.4, -0.2) is 47.1 Å². The SMILES string of the molecule is CN(C)C(C)(C)CNc1ncc(N)cc1C(=O)O. The number of hydrogen-bond acceptors (Lipinski definition) is 5. The van der Waals surface area contributed by atoms with E-state index in [9.17, 15) is 4.79 Å². The van der Waals surface area contributed by atoms with E-state index in [1.807, 2.05) is 14.1 Å². The molecule has 100 valence electrons. The fourth-order valence-corrected chi connectivity index (χ4v) is 1.24. The molecule has 0 bridgehead atoms. The van der Waals surface area contributed by atoms with Crippen LogP contribution in [0.15, 0.2) is 12.3 Å². The van der Waals surface area contributed by atoms with E-state index in [2.05, 4.69) is 29.0 Å². The van der Waals surface area contributed by atoms with Crippen molar-refractivity contribution in [2.24, 2.45) is 0 Å². The number of carboxylic acids is 1. The number of likely N-dealkylation sites (N-methyl/N-ethyl adjacent to an activating group) is 1. The molecule has 0 saturated carbocycles. The minimum absolute atomic E-state index is 0.0876. The summed E-state index contributed by atoms with van der Waals surface area (Å²) in [6.45, 7) is 4.69. The molecule has 4 N–H and O–H groups in total. The number of nitrogens with one attached hydrogen (secondary N) is 1. The quantitative estimate of drug-likeness (QED) is 0.727. The predicted molar refractivity (Wildman–Crippen MR) is 71.9 cm³/mol. The maximum Gasteiger partial charge on any atom is 0.339 e. The maximum absolute atomic E-state index is 11.1. The Bertz CT molecular complexity index is 444. The number of pyridine rings is 1. The molecule has 18 heavy (non-hydrogen) atoms. The normalized spacial score (nSPS) is 11.6. The summed E-state index contributed by atoms with van der Waals surface area (Å²) in [5.41, 5.74) is 5.85. The first-order valence-corrected chi connectivity index (χ1v) is 5.64. The summed E-state index contributed by atoms with van der Waals surface area (Å²) in [7, 11) is 3.94. The summed E-state index contributed by atoms with van der Waals surface area (Å²) in [5.74, 6) is -0.702. The second-order valence-corrected chi connectivity index (χ2v) is 5.03. The molecule has 0 aromatic carbocycles. The Morgan fingerprint density at radius 1 is 1.56 bits per heavy atom. The molecule has 0 fully saturated rings. The first-order valence-electron chi connectivity index (χ1n) is 5.64. The van der Waals surface area contributed by atoms with Gasteiger partial charge in [-0.15, -0.1) is 0 Å². The molecular formula is C12H20N4O2. The number of nitrogens with zero attached hydrogens (tertiary/aromatic N) is 2. The summed E-state index contributed by atoms with van der Waals surface area (Å²) < 4.78 is 0. The standard InChI is InChI=1S/C12H20N4O2/c1-12(2,16(3)4)7-15-10-9(11(17)18)5-8(13)6-14-10/h5-6H,7,13H2,1-4H3,(H,14,15)(H,17,18). The topological polar surface area (TPSA) is 91.5 Å². The number of carboxylic acid groups (broad SMARTS) is 1. The van der Waals surface area contributed by atoms with Crippen LogP contribution in [-0.2, 0) is 0 Å². The average Bonchev–Trinajstić information content (AvgIpc) is 2.27. The van der Waals surface area contributed by atoms with Crippen LogP contribution in [0.4, 0.5) is 11.5 Å². The van der Waals surface area contributed by atoms with E-state index in [4.69, 9.17) is 10.8 Å². The number of rotatable bonds is 5. The van der Waals surface area contributed by atoms with Crippen LogP contribution in [0.2, 0.25) is 0 Å². The zero-order chi connectivity index (χ0) is 13.9. The van der Waals surface area contributed by atoms with Crippen molar-refractivity contribution in [3.8, 4) is 0 Å². The Kier molecular flexibility index (Phi) is 4.13. The fourth-order valence-electron chi connectivity index (χ4n) is 1.24. The van der Waals surface area contributed by atoms with Gasteiger partial charge in [-0.1, -0.05) is 0 Å². The molecule has 0 amide bonds. The lowest BCUT2D eigenvalue weighted by atomic mass is 10.0. The van der Waals surface area contributed by atoms with Crippen molar-refractivity contribution >= 4 is 17.5 Å². The highest BCUT2D eigenvalue weighted by atomic mass is 16.4. The van der Waals surface area contributed by atoms with Crippen molar-refractivity contribution in [1.29, 1.82) is 0 Å². The number of aromatic nitrogens is 1. The van der Waals surface area contributed by atoms with Gasteiger partial charge < -0.3 is 21.1 Å². The zero-order valence-corrected chi connectivity index (χ0v) is 11.2. The Morgan fingerprint density at radius 2 is 2.17 bits per heavy atom. The van der Waals surface area contributed by atoms with Crippen molar-refractivity contribution in [2.45, 2.75) is 19.4 Å². The van der Waals surface area contributed by atoms with E-state index >= 15 is 0 Å². The van der Waals surface area contributed by atoms with Gasteiger partial charge >= 0.3 is 5.97 Å². The van der Waals surface area contributed by atoms with E-state index in [1.54, 1.807) is 0 Å². The molecule has 0 unspecified atom stereocenters. The van der Waals surface area contributed by atoms with E-state index in [-0.39, 0.29) is 11.1 Å². The molecule has 0 aliphatic heterocycles. The van der Waals surface area contributed by atoms with Gasteiger partial charge in [0.1, 0.15) is 11.4 Å². The predicted octanol–water partition coefficient (Wildman–Crippen LogP) is 1.11. The van der Waals surface area contributed by atoms with E-state index in [0.29, 0.717) is 18.1 Å². The summed E-state index contributed by atoms with van der Waals surface area (Å²) in [6.07, 6.45) is 1.44. The Labute approximate surface area is 107 Å². The third-order valence-electron chi connectivity index (χ3n) is 3.04. The number of aromatic carboxylic acids is 1. The van der Waals surface area contributed by atoms with Gasteiger partial charge in [-0.3, -0.25) is 0 Å². The van der Waals surface area contributed by atoms with Crippen molar-refractivity contribution in [3.63, 3.8) is 0 Å². The highest BCUT2D eigenvalue weighted by molar-refractivity contribution is 5.94. The van der Waals surface area contributed by atoms with Crippen LogP contribution in [0.25, 0.3) is 0 Å². The van der Waals surface area contributed by atoms with Crippen molar-refractivity contribution in [2.75, 3.05) is 31.7 Å². The average molecular weight is 252 g/mol. The molecule has 0 aliphatic carbocycles. The second kappa shape index (κ2) is 5.22. The lowest BCUT2D eigenvalue weighted by Gasteiger charge is -2.33. The molecule has 0 radical (unpaired) electrons. The van der Waals surface area contributed by atoms with Crippen molar-refractivity contribution in [3.05, 3.63) is 17.8 Å². The number of hydrogen-bond donors (Lipinski definition) is 3. The highest BCUT2D eigenvalue weighted by Gasteiger charge is 2.21. The van der Waals surface area contributed by atoms with E-state index in [0.717, 1.165) is 0 Å². The van der Waals surface area contributed by atoms with Gasteiger partial charge in [0, 0.05) is 12.1 Å². The highest BCUT2D eigenvalue weighted by Crippen LogP contribution is 2.17. The second-order valence-electron chi connectivity index (χ2n) is 5.03. The summed E-state index contributed by atoms with van der Waals surface area (Å²) >= 11 is 0. The molecule has 0 spiro atoms. The minimum atomic E-state index is -1.04. The van der Waals surface area contributed by atoms with Gasteiger partial charge in [0.05, 0.1) is 11.9 Å². The monoisotopic (exact) mass is 252 g/mol. The molecule has 6 heteroatoms. The molecule has 1 aromatic heterocycles. The molecule has 0 aliphatic rings. The molecule has 0 atom stereocenters. The third-order valence-corrected chi connectivity index (χ3v) is 3.04. The molecule has 1 aromatic rings. The van der Waals surface area contributed by atoms with Gasteiger partial charge in [0.25, 0.3) is 0 Å². The van der Waals surface area contributed by atoms with Crippen LogP contribution < -0.4 is 11.1 Å². The molecule has 1 rings (SSSR count). The van der Waals surface area contributed by atoms with Gasteiger partial charge in [0.15, 0.2) is 0 Å². The number of nitrogen functional groups attached to an aromatic ring is 1. The van der Waals surface area contributed by atoms with Gasteiger partial charge in [0.2, 0.25) is 0 Å². The van der Waals surface area contributed by atoms with Crippen LogP contribution in [0, 0.1) is 0 Å². The number of nitrogens with two attached hydrogens (primary N) is 1. The van der Waals surface area contributed by atoms with E-state index in [1.165, 1.54) is 12.3 Å². The van der Waals surface area contributed by atoms with Gasteiger partial charge in [-0.05, 0) is 34.0 Å². The Hall–Kier alpha value is -1.82. The van der Waals surface area contributed by atoms with Gasteiger partial charge in [-0.25, -0.2) is 9.78 Å². The molecule has 6 nitrogen and oxygen atoms in total. The number of anilines is 2. The lowest BCUT2D eigenvalue weighted by Crippen LogP contribution is -2.44. The first kappa shape index (κ1) is 14.2. The third kappa shape index (κ3) is 3.33. The summed E-state index contributed by atoms with van der Waals surface area (Å²) in [6, 6.07) is 1.40. The van der Waals surface area contributed by atoms with Crippen LogP contribution in [0.5, 0.6) is 0 Å². The van der Waals surface area contributed by atoms with E-state index < -0.39 is 5.97 Å². The zero-order valence-electron chi connectivity index (χ0n) is 11.2. The van der Waals surface area contributed by atoms with Crippen molar-refractivity contribution in [1.82, 2.24) is 9.88 Å². The number of carbonyl (C=O) groups is 1. The van der Waals surface area contributed by atoms with Crippen LogP contribution in [0.1, 0.15) is 24.2 Å². The largest absolute Gasteiger partial charge is 0.478 e. The molecule has 0 saturated heterocycles. The summed E-state index contributed by atoms with van der Waals surface area (Å²) in [4.78, 5) is 17.2. The van der Waals surface area contributed by atoms with Gasteiger partial charge in [-0.2, -0.15) is 0 Å². The first-order chi connectivity index (χ1) is 8.24. The smallest absolute Gasteiger partial charge is 0.339 e. The Morgan fingerprint density at radius 3 is 2.67 bits per heavy atom. The van der Waals surface area contributed by atoms with Crippen molar-refractivity contribution < 1.29 is 9.90 Å². The summed E-state index contributed by atoms with van der Waals surface area (Å²) in [5, 5.41) is 12.1.